The summed E-state index contributed by atoms with van der Waals surface area (Å²) in [4.78, 5) is 72.4. The third-order valence-electron chi connectivity index (χ3n) is 15.3. The molecule has 2 N–H and O–H groups in total. The standard InChI is InChI=1S/C56H89NO14/c1-34(2)68-26-27-69-46-24-22-42(31-49(46)66-11)30-38(6)48-33-45(58)37(5)29-40(8)51(60)52(67-12)50(59)39(7)28-35(3)18-14-13-15-19-36(4)47(65-10)32-43-23-21-41(9)56(64,71-43)53(61)54(62)57-25-17-16-20-44(57)55(63)70-48/h13-15,18-19,29,34-35,37-39,41-44,46-49,51-52,60,64H,16-17,20-28,30-33H2,1-12H3/b15-13?,18-14+,36-19?,40-29+/t35-,37-,38-,39-,41-,42+,43+,44+,46-,47+,48+,49-,51-,52+,56-/m1/s1. The number of hydrogen-bond donors (Lipinski definition) is 2. The SMILES string of the molecule is CO[C@H]1C[C@@H]2CC[C@@H](C)[C@@](O)(O2)C(=O)C(=O)N2CCCC[C@H]2C(=O)O[C@H]([C@H](C)C[C@@H]2CC[C@@H](OCCOC(C)C)[C@H](OC)C2)CC(=O)[C@H](C)/C=C(\C)[C@@H](O)[C@@H](OC)C(=O)[C@H](C)C[C@H](C)/C=C/C=CC=C1C. The van der Waals surface area contributed by atoms with Gasteiger partial charge in [-0.15, -0.1) is 0 Å². The van der Waals surface area contributed by atoms with Crippen molar-refractivity contribution in [1.29, 1.82) is 0 Å². The first-order chi connectivity index (χ1) is 33.6. The molecule has 402 valence electrons. The Labute approximate surface area is 424 Å². The molecule has 1 aliphatic carbocycles. The van der Waals surface area contributed by atoms with E-state index in [9.17, 15) is 34.2 Å². The zero-order chi connectivity index (χ0) is 52.6. The molecule has 4 aliphatic rings. The molecule has 3 aliphatic heterocycles. The quantitative estimate of drug-likeness (QED) is 0.0888. The van der Waals surface area contributed by atoms with Gasteiger partial charge >= 0.3 is 5.97 Å². The van der Waals surface area contributed by atoms with Crippen molar-refractivity contribution >= 4 is 29.2 Å². The van der Waals surface area contributed by atoms with Gasteiger partial charge < -0.3 is 48.3 Å². The van der Waals surface area contributed by atoms with Crippen LogP contribution >= 0.6 is 0 Å². The number of hydrogen-bond acceptors (Lipinski definition) is 14. The summed E-state index contributed by atoms with van der Waals surface area (Å²) in [5.74, 6) is -7.85. The number of carbonyl (C=O) groups is 5. The van der Waals surface area contributed by atoms with Crippen LogP contribution in [0.25, 0.3) is 0 Å². The van der Waals surface area contributed by atoms with Crippen LogP contribution in [0.15, 0.2) is 47.6 Å². The summed E-state index contributed by atoms with van der Waals surface area (Å²) in [6.45, 7) is 17.7. The van der Waals surface area contributed by atoms with E-state index in [1.807, 2.05) is 71.9 Å². The molecule has 4 rings (SSSR count). The molecular weight excluding hydrogens is 911 g/mol. The van der Waals surface area contributed by atoms with Crippen molar-refractivity contribution in [2.75, 3.05) is 41.1 Å². The molecule has 3 fully saturated rings. The lowest BCUT2D eigenvalue weighted by Crippen LogP contribution is -2.61. The van der Waals surface area contributed by atoms with Crippen LogP contribution in [0.5, 0.6) is 0 Å². The molecule has 0 unspecified atom stereocenters. The van der Waals surface area contributed by atoms with E-state index >= 15 is 0 Å². The lowest BCUT2D eigenvalue weighted by molar-refractivity contribution is -0.265. The average molecular weight is 1000 g/mol. The van der Waals surface area contributed by atoms with Gasteiger partial charge in [0, 0.05) is 58.5 Å². The van der Waals surface area contributed by atoms with Gasteiger partial charge in [0.15, 0.2) is 5.78 Å². The number of methoxy groups -OCH3 is 3. The Bertz CT molecular complexity index is 1880. The molecule has 15 heteroatoms. The van der Waals surface area contributed by atoms with Crippen LogP contribution < -0.4 is 0 Å². The van der Waals surface area contributed by atoms with Crippen molar-refractivity contribution < 1.29 is 67.3 Å². The summed E-state index contributed by atoms with van der Waals surface area (Å²) in [7, 11) is 4.64. The maximum absolute atomic E-state index is 14.5. The number of aliphatic hydroxyl groups excluding tert-OH is 1. The second-order valence-electron chi connectivity index (χ2n) is 21.4. The van der Waals surface area contributed by atoms with Gasteiger partial charge in [-0.1, -0.05) is 71.1 Å². The molecule has 0 aromatic heterocycles. The second kappa shape index (κ2) is 28.9. The zero-order valence-electron chi connectivity index (χ0n) is 45.0. The van der Waals surface area contributed by atoms with Crippen LogP contribution in [0.2, 0.25) is 0 Å². The number of ether oxygens (including phenoxy) is 7. The van der Waals surface area contributed by atoms with E-state index < -0.39 is 77.8 Å². The summed E-state index contributed by atoms with van der Waals surface area (Å²) in [5, 5.41) is 23.5. The molecule has 15 nitrogen and oxygen atoms in total. The number of cyclic esters (lactones) is 1. The van der Waals surface area contributed by atoms with Crippen LogP contribution in [0.4, 0.5) is 0 Å². The molecule has 3 heterocycles. The minimum Gasteiger partial charge on any atom is -0.460 e. The first kappa shape index (κ1) is 60.1. The highest BCUT2D eigenvalue weighted by Crippen LogP contribution is 2.38. The van der Waals surface area contributed by atoms with Gasteiger partial charge in [0.25, 0.3) is 11.7 Å². The van der Waals surface area contributed by atoms with E-state index in [0.29, 0.717) is 70.2 Å². The highest BCUT2D eigenvalue weighted by Gasteiger charge is 2.53. The number of rotatable bonds is 11. The van der Waals surface area contributed by atoms with Crippen molar-refractivity contribution in [1.82, 2.24) is 4.90 Å². The largest absolute Gasteiger partial charge is 0.460 e. The molecule has 0 radical (unpaired) electrons. The van der Waals surface area contributed by atoms with Gasteiger partial charge in [-0.05, 0) is 121 Å². The van der Waals surface area contributed by atoms with Gasteiger partial charge in [-0.3, -0.25) is 19.2 Å². The predicted octanol–water partition coefficient (Wildman–Crippen LogP) is 7.63. The molecule has 0 aromatic rings. The summed E-state index contributed by atoms with van der Waals surface area (Å²) >= 11 is 0. The van der Waals surface area contributed by atoms with Gasteiger partial charge in [0.2, 0.25) is 5.79 Å². The highest BCUT2D eigenvalue weighted by atomic mass is 16.6. The maximum Gasteiger partial charge on any atom is 0.329 e. The number of esters is 1. The first-order valence-corrected chi connectivity index (χ1v) is 26.4. The third kappa shape index (κ3) is 17.1. The Morgan fingerprint density at radius 1 is 0.817 bits per heavy atom. The highest BCUT2D eigenvalue weighted by molar-refractivity contribution is 6.39. The van der Waals surface area contributed by atoms with Gasteiger partial charge in [-0.2, -0.15) is 0 Å². The number of aliphatic hydroxyl groups is 2. The summed E-state index contributed by atoms with van der Waals surface area (Å²) < 4.78 is 41.8. The molecule has 0 spiro atoms. The molecule has 1 saturated carbocycles. The van der Waals surface area contributed by atoms with E-state index in [4.69, 9.17) is 33.2 Å². The predicted molar refractivity (Wildman–Crippen MR) is 270 cm³/mol. The molecule has 2 saturated heterocycles. The monoisotopic (exact) mass is 1000 g/mol. The third-order valence-corrected chi connectivity index (χ3v) is 15.3. The summed E-state index contributed by atoms with van der Waals surface area (Å²) in [5.41, 5.74) is 1.28. The van der Waals surface area contributed by atoms with Gasteiger partial charge in [0.05, 0.1) is 43.7 Å². The minimum atomic E-state index is -2.43. The minimum absolute atomic E-state index is 0.0186. The van der Waals surface area contributed by atoms with Crippen LogP contribution in [-0.2, 0) is 57.1 Å². The lowest BCUT2D eigenvalue weighted by atomic mass is 9.78. The topological polar surface area (TPSA) is 194 Å². The molecule has 1 amide bonds. The molecule has 0 aromatic carbocycles. The van der Waals surface area contributed by atoms with Crippen LogP contribution in [-0.4, -0.2) is 146 Å². The van der Waals surface area contributed by atoms with Crippen LogP contribution in [0.1, 0.15) is 139 Å². The van der Waals surface area contributed by atoms with Gasteiger partial charge in [0.1, 0.15) is 30.1 Å². The number of piperidine rings is 1. The van der Waals surface area contributed by atoms with Crippen molar-refractivity contribution in [3.05, 3.63) is 47.6 Å². The fraction of sp³-hybridized carbons (Fsp3) is 0.768. The Hall–Kier alpha value is -3.41. The fourth-order valence-electron chi connectivity index (χ4n) is 10.8. The van der Waals surface area contributed by atoms with E-state index in [1.54, 1.807) is 41.1 Å². The molecular formula is C56H89NO14. The number of amides is 1. The van der Waals surface area contributed by atoms with E-state index in [0.717, 1.165) is 18.4 Å². The van der Waals surface area contributed by atoms with Crippen LogP contribution in [0, 0.1) is 35.5 Å². The number of ketones is 3. The Kier molecular flexibility index (Phi) is 24.5. The smallest absolute Gasteiger partial charge is 0.329 e. The van der Waals surface area contributed by atoms with E-state index in [1.165, 1.54) is 12.0 Å². The van der Waals surface area contributed by atoms with Crippen molar-refractivity contribution in [2.45, 2.75) is 200 Å². The van der Waals surface area contributed by atoms with Crippen molar-refractivity contribution in [3.63, 3.8) is 0 Å². The first-order valence-electron chi connectivity index (χ1n) is 26.4. The number of Topliss-reactive ketones (excluding diaryl/α,β-unsaturated/α-hetero) is 3. The van der Waals surface area contributed by atoms with E-state index in [-0.39, 0.29) is 67.0 Å². The zero-order valence-corrected chi connectivity index (χ0v) is 45.0. The number of nitrogens with zero attached hydrogens (tertiary/aromatic N) is 1. The van der Waals surface area contributed by atoms with Gasteiger partial charge in [-0.25, -0.2) is 4.79 Å². The molecule has 71 heavy (non-hydrogen) atoms. The summed E-state index contributed by atoms with van der Waals surface area (Å²) in [6.07, 6.45) is 12.5. The second-order valence-corrected chi connectivity index (χ2v) is 21.4. The Morgan fingerprint density at radius 2 is 1.55 bits per heavy atom. The maximum atomic E-state index is 14.5. The average Bonchev–Trinajstić information content (AvgIpc) is 3.34. The summed E-state index contributed by atoms with van der Waals surface area (Å²) in [6, 6.07) is -1.14. The van der Waals surface area contributed by atoms with Crippen molar-refractivity contribution in [2.24, 2.45) is 35.5 Å². The fourth-order valence-corrected chi connectivity index (χ4v) is 10.8. The number of allylic oxidation sites excluding steroid dienone is 6. The number of carbonyl (C=O) groups excluding carboxylic acids is 5. The van der Waals surface area contributed by atoms with E-state index in [2.05, 4.69) is 0 Å². The number of fused-ring (bicyclic) bond motifs is 3. The van der Waals surface area contributed by atoms with Crippen LogP contribution in [0.3, 0.4) is 0 Å². The lowest BCUT2D eigenvalue weighted by Gasteiger charge is -2.42. The molecule has 2 bridgehead atoms. The van der Waals surface area contributed by atoms with Crippen molar-refractivity contribution in [3.8, 4) is 0 Å². The Morgan fingerprint density at radius 3 is 2.23 bits per heavy atom. The Balaban J connectivity index is 1.67. The molecule has 15 atom stereocenters. The normalized spacial score (nSPS) is 36.9.